The van der Waals surface area contributed by atoms with Gasteiger partial charge in [-0.1, -0.05) is 0 Å². The van der Waals surface area contributed by atoms with Gasteiger partial charge >= 0.3 is 23.5 Å². The highest BCUT2D eigenvalue weighted by Gasteiger charge is 2.42. The van der Waals surface area contributed by atoms with Crippen molar-refractivity contribution in [1.82, 2.24) is 0 Å². The van der Waals surface area contributed by atoms with Crippen LogP contribution in [-0.2, 0) is 35.5 Å². The van der Waals surface area contributed by atoms with Crippen LogP contribution in [0.1, 0.15) is 0 Å². The van der Waals surface area contributed by atoms with Crippen LogP contribution in [0.15, 0.2) is 0 Å². The molecular formula is C6H16NO12P3S. The lowest BCUT2D eigenvalue weighted by Gasteiger charge is -2.19. The summed E-state index contributed by atoms with van der Waals surface area (Å²) in [5, 5.41) is 9.39. The fourth-order valence-electron chi connectivity index (χ4n) is 1.17. The van der Waals surface area contributed by atoms with Gasteiger partial charge in [-0.15, -0.1) is 0 Å². The standard InChI is InChI=1S/C6H16NO12P3S/c7-1-2-15-20(9,10)18-22(13,14)19-21(11,12)16-3-6-5(8)4-23-17-6/h5-6,8H,1-4,7H2,(H,9,10)(H,11,12)(H,13,14). The maximum absolute atomic E-state index is 11.5. The lowest BCUT2D eigenvalue weighted by molar-refractivity contribution is 0.0417. The molecule has 5 atom stereocenters. The van der Waals surface area contributed by atoms with Gasteiger partial charge in [-0.2, -0.15) is 8.62 Å². The number of hydrogen-bond acceptors (Lipinski definition) is 11. The zero-order valence-electron chi connectivity index (χ0n) is 11.4. The molecule has 17 heteroatoms. The molecule has 13 nitrogen and oxygen atoms in total. The first-order valence-electron chi connectivity index (χ1n) is 5.83. The zero-order valence-corrected chi connectivity index (χ0v) is 14.9. The molecule has 0 aromatic carbocycles. The molecule has 0 aromatic heterocycles. The van der Waals surface area contributed by atoms with Crippen LogP contribution in [-0.4, -0.2) is 57.5 Å². The predicted octanol–water partition coefficient (Wildman–Crippen LogP) is -0.279. The second-order valence-electron chi connectivity index (χ2n) is 3.97. The predicted molar refractivity (Wildman–Crippen MR) is 75.9 cm³/mol. The SMILES string of the molecule is NCCOP(=O)(O)OP(=O)(O)OP(=O)(O)OCC1OSCC1O. The van der Waals surface area contributed by atoms with Gasteiger partial charge < -0.3 is 29.7 Å². The summed E-state index contributed by atoms with van der Waals surface area (Å²) in [6.07, 6.45) is -1.93. The minimum Gasteiger partial charge on any atom is -0.389 e. The normalized spacial score (nSPS) is 29.6. The Morgan fingerprint density at radius 1 is 1.09 bits per heavy atom. The van der Waals surface area contributed by atoms with E-state index in [2.05, 4.69) is 17.7 Å². The fourth-order valence-corrected chi connectivity index (χ4v) is 5.48. The number of rotatable bonds is 10. The van der Waals surface area contributed by atoms with Crippen LogP contribution in [0.2, 0.25) is 0 Å². The molecule has 1 saturated heterocycles. The van der Waals surface area contributed by atoms with E-state index in [-0.39, 0.29) is 12.3 Å². The molecule has 1 aliphatic heterocycles. The molecule has 0 radical (unpaired) electrons. The Morgan fingerprint density at radius 2 is 1.65 bits per heavy atom. The molecule has 0 bridgehead atoms. The van der Waals surface area contributed by atoms with Crippen LogP contribution in [0, 0.1) is 0 Å². The molecule has 5 unspecified atom stereocenters. The Morgan fingerprint density at radius 3 is 2.13 bits per heavy atom. The van der Waals surface area contributed by atoms with Crippen molar-refractivity contribution in [2.75, 3.05) is 25.5 Å². The summed E-state index contributed by atoms with van der Waals surface area (Å²) in [5.41, 5.74) is 5.00. The number of phosphoric acid groups is 3. The van der Waals surface area contributed by atoms with E-state index in [0.717, 1.165) is 12.0 Å². The van der Waals surface area contributed by atoms with E-state index in [0.29, 0.717) is 0 Å². The van der Waals surface area contributed by atoms with Crippen LogP contribution < -0.4 is 5.73 Å². The Bertz CT molecular complexity index is 531. The maximum atomic E-state index is 11.5. The highest BCUT2D eigenvalue weighted by Crippen LogP contribution is 2.67. The number of nitrogens with two attached hydrogens (primary N) is 1. The van der Waals surface area contributed by atoms with Crippen molar-refractivity contribution in [2.45, 2.75) is 12.2 Å². The molecule has 1 aliphatic rings. The second kappa shape index (κ2) is 8.84. The first kappa shape index (κ1) is 21.7. The molecule has 23 heavy (non-hydrogen) atoms. The van der Waals surface area contributed by atoms with E-state index in [1.165, 1.54) is 0 Å². The highest BCUT2D eigenvalue weighted by molar-refractivity contribution is 7.94. The van der Waals surface area contributed by atoms with E-state index in [9.17, 15) is 28.6 Å². The summed E-state index contributed by atoms with van der Waals surface area (Å²) >= 11 is 0.902. The van der Waals surface area contributed by atoms with E-state index in [1.54, 1.807) is 0 Å². The lowest BCUT2D eigenvalue weighted by atomic mass is 10.2. The minimum absolute atomic E-state index is 0.187. The van der Waals surface area contributed by atoms with Crippen LogP contribution in [0.4, 0.5) is 0 Å². The number of phosphoric ester groups is 2. The Balaban J connectivity index is 2.55. The van der Waals surface area contributed by atoms with Crippen molar-refractivity contribution >= 4 is 35.5 Å². The molecule has 6 N–H and O–H groups in total. The van der Waals surface area contributed by atoms with Crippen LogP contribution in [0.5, 0.6) is 0 Å². The van der Waals surface area contributed by atoms with Gasteiger partial charge in [0, 0.05) is 12.3 Å². The van der Waals surface area contributed by atoms with Crippen molar-refractivity contribution in [2.24, 2.45) is 5.73 Å². The van der Waals surface area contributed by atoms with Gasteiger partial charge in [0.2, 0.25) is 0 Å². The van der Waals surface area contributed by atoms with Crippen molar-refractivity contribution in [3.63, 3.8) is 0 Å². The van der Waals surface area contributed by atoms with Crippen molar-refractivity contribution in [3.8, 4) is 0 Å². The van der Waals surface area contributed by atoms with Gasteiger partial charge in [-0.05, 0) is 12.0 Å². The number of aliphatic hydroxyl groups is 1. The van der Waals surface area contributed by atoms with Gasteiger partial charge in [0.25, 0.3) is 0 Å². The van der Waals surface area contributed by atoms with Gasteiger partial charge in [0.15, 0.2) is 0 Å². The number of aliphatic hydroxyl groups excluding tert-OH is 1. The van der Waals surface area contributed by atoms with Gasteiger partial charge in [0.1, 0.15) is 6.10 Å². The molecule has 0 aromatic rings. The van der Waals surface area contributed by atoms with E-state index in [1.807, 2.05) is 0 Å². The van der Waals surface area contributed by atoms with Crippen LogP contribution in [0.3, 0.4) is 0 Å². The molecule has 0 amide bonds. The van der Waals surface area contributed by atoms with Crippen molar-refractivity contribution in [3.05, 3.63) is 0 Å². The number of hydrogen-bond donors (Lipinski definition) is 5. The van der Waals surface area contributed by atoms with Crippen molar-refractivity contribution in [1.29, 1.82) is 0 Å². The molecule has 1 heterocycles. The Kier molecular flexibility index (Phi) is 8.33. The smallest absolute Gasteiger partial charge is 0.389 e. The van der Waals surface area contributed by atoms with E-state index < -0.39 is 48.9 Å². The van der Waals surface area contributed by atoms with Gasteiger partial charge in [-0.25, -0.2) is 13.7 Å². The van der Waals surface area contributed by atoms with Gasteiger partial charge in [-0.3, -0.25) is 9.05 Å². The first-order valence-corrected chi connectivity index (χ1v) is 11.2. The van der Waals surface area contributed by atoms with Crippen LogP contribution in [0.25, 0.3) is 0 Å². The van der Waals surface area contributed by atoms with Crippen LogP contribution >= 0.6 is 35.5 Å². The third kappa shape index (κ3) is 8.52. The maximum Gasteiger partial charge on any atom is 0.490 e. The Hall–Kier alpha value is 0.640. The fraction of sp³-hybridized carbons (Fsp3) is 1.00. The summed E-state index contributed by atoms with van der Waals surface area (Å²) in [4.78, 5) is 27.6. The summed E-state index contributed by atoms with van der Waals surface area (Å²) in [6.45, 7) is -1.30. The lowest BCUT2D eigenvalue weighted by Crippen LogP contribution is -2.27. The largest absolute Gasteiger partial charge is 0.490 e. The molecular weight excluding hydrogens is 403 g/mol. The zero-order chi connectivity index (χ0) is 17.7. The topological polar surface area (TPSA) is 204 Å². The average Bonchev–Trinajstić information content (AvgIpc) is 2.77. The molecule has 1 rings (SSSR count). The molecule has 138 valence electrons. The van der Waals surface area contributed by atoms with E-state index >= 15 is 0 Å². The van der Waals surface area contributed by atoms with Gasteiger partial charge in [0.05, 0.1) is 19.3 Å². The van der Waals surface area contributed by atoms with E-state index in [4.69, 9.17) is 14.8 Å². The quantitative estimate of drug-likeness (QED) is 0.228. The molecule has 0 saturated carbocycles. The first-order chi connectivity index (χ1) is 10.5. The summed E-state index contributed by atoms with van der Waals surface area (Å²) in [6, 6.07) is 0. The molecule has 0 aliphatic carbocycles. The highest BCUT2D eigenvalue weighted by atomic mass is 32.2. The second-order valence-corrected chi connectivity index (χ2v) is 9.37. The average molecular weight is 419 g/mol. The third-order valence-corrected chi connectivity index (χ3v) is 7.19. The summed E-state index contributed by atoms with van der Waals surface area (Å²) in [5.74, 6) is 0.207. The minimum atomic E-state index is -5.48. The monoisotopic (exact) mass is 419 g/mol. The summed E-state index contributed by atoms with van der Waals surface area (Å²) in [7, 11) is -15.7. The molecule has 1 fully saturated rings. The third-order valence-electron chi connectivity index (χ3n) is 2.05. The summed E-state index contributed by atoms with van der Waals surface area (Å²) < 4.78 is 55.2. The Labute approximate surface area is 135 Å². The molecule has 0 spiro atoms. The van der Waals surface area contributed by atoms with Crippen molar-refractivity contribution < 1.29 is 55.3 Å².